The van der Waals surface area contributed by atoms with Crippen molar-refractivity contribution in [2.75, 3.05) is 0 Å². The number of rotatable bonds is 0. The minimum Gasteiger partial charge on any atom is -0.227 e. The third-order valence-electron chi connectivity index (χ3n) is 1.91. The van der Waals surface area contributed by atoms with Crippen molar-refractivity contribution < 1.29 is 9.78 Å². The third kappa shape index (κ3) is 0.565. The Balaban J connectivity index is 2.63. The van der Waals surface area contributed by atoms with Crippen LogP contribution < -0.4 is 0 Å². The Morgan fingerprint density at radius 2 is 1.00 bits per heavy atom. The molecular formula is C6H12O2. The van der Waals surface area contributed by atoms with E-state index in [9.17, 15) is 0 Å². The van der Waals surface area contributed by atoms with Gasteiger partial charge in [-0.25, -0.2) is 9.78 Å². The van der Waals surface area contributed by atoms with Gasteiger partial charge in [0.1, 0.15) is 11.2 Å². The van der Waals surface area contributed by atoms with Gasteiger partial charge in [-0.3, -0.25) is 0 Å². The maximum atomic E-state index is 4.83. The van der Waals surface area contributed by atoms with Gasteiger partial charge >= 0.3 is 0 Å². The minimum absolute atomic E-state index is 0.104. The zero-order chi connectivity index (χ0) is 6.41. The Morgan fingerprint density at radius 1 is 0.750 bits per heavy atom. The summed E-state index contributed by atoms with van der Waals surface area (Å²) in [6.07, 6.45) is 0. The lowest BCUT2D eigenvalue weighted by Crippen LogP contribution is -2.59. The van der Waals surface area contributed by atoms with Gasteiger partial charge in [0.05, 0.1) is 0 Å². The lowest BCUT2D eigenvalue weighted by Gasteiger charge is -2.48. The molecule has 48 valence electrons. The highest BCUT2D eigenvalue weighted by atomic mass is 17.3. The van der Waals surface area contributed by atoms with E-state index in [1.54, 1.807) is 0 Å². The van der Waals surface area contributed by atoms with Crippen LogP contribution in [0.15, 0.2) is 0 Å². The molecule has 0 aromatic heterocycles. The van der Waals surface area contributed by atoms with E-state index in [0.29, 0.717) is 0 Å². The predicted molar refractivity (Wildman–Crippen MR) is 30.3 cm³/mol. The molecule has 0 amide bonds. The molecule has 0 aromatic rings. The predicted octanol–water partition coefficient (Wildman–Crippen LogP) is 1.51. The average molecular weight is 116 g/mol. The Labute approximate surface area is 49.7 Å². The van der Waals surface area contributed by atoms with Gasteiger partial charge in [-0.05, 0) is 27.7 Å². The summed E-state index contributed by atoms with van der Waals surface area (Å²) in [6, 6.07) is 0. The molecule has 1 saturated heterocycles. The second kappa shape index (κ2) is 1.25. The lowest BCUT2D eigenvalue weighted by atomic mass is 9.88. The molecule has 2 nitrogen and oxygen atoms in total. The summed E-state index contributed by atoms with van der Waals surface area (Å²) in [5.41, 5.74) is -0.208. The molecule has 1 aliphatic rings. The van der Waals surface area contributed by atoms with Crippen molar-refractivity contribution in [2.24, 2.45) is 0 Å². The smallest absolute Gasteiger partial charge is 0.129 e. The van der Waals surface area contributed by atoms with Gasteiger partial charge in [0.15, 0.2) is 0 Å². The molecule has 0 N–H and O–H groups in total. The van der Waals surface area contributed by atoms with E-state index in [-0.39, 0.29) is 11.2 Å². The van der Waals surface area contributed by atoms with Gasteiger partial charge in [0, 0.05) is 0 Å². The molecule has 8 heavy (non-hydrogen) atoms. The average Bonchev–Trinajstić information content (AvgIpc) is 1.64. The number of hydrogen-bond donors (Lipinski definition) is 0. The second-order valence-electron chi connectivity index (χ2n) is 3.19. The minimum atomic E-state index is -0.104. The van der Waals surface area contributed by atoms with Crippen molar-refractivity contribution in [2.45, 2.75) is 38.9 Å². The molecule has 0 atom stereocenters. The molecule has 0 bridgehead atoms. The van der Waals surface area contributed by atoms with Gasteiger partial charge in [-0.15, -0.1) is 0 Å². The standard InChI is InChI=1S/C6H12O2/c1-5(2)6(3,4)8-7-5/h1-4H3. The van der Waals surface area contributed by atoms with Gasteiger partial charge in [-0.1, -0.05) is 0 Å². The van der Waals surface area contributed by atoms with E-state index in [4.69, 9.17) is 9.78 Å². The van der Waals surface area contributed by atoms with Crippen molar-refractivity contribution in [1.29, 1.82) is 0 Å². The van der Waals surface area contributed by atoms with Crippen molar-refractivity contribution in [1.82, 2.24) is 0 Å². The van der Waals surface area contributed by atoms with Crippen LogP contribution in [0.5, 0.6) is 0 Å². The van der Waals surface area contributed by atoms with Crippen LogP contribution in [-0.2, 0) is 9.78 Å². The molecule has 0 aliphatic carbocycles. The maximum Gasteiger partial charge on any atom is 0.129 e. The largest absolute Gasteiger partial charge is 0.227 e. The first-order valence-corrected chi connectivity index (χ1v) is 2.82. The van der Waals surface area contributed by atoms with E-state index in [1.807, 2.05) is 27.7 Å². The molecule has 1 rings (SSSR count). The summed E-state index contributed by atoms with van der Waals surface area (Å²) < 4.78 is 0. The molecule has 0 radical (unpaired) electrons. The molecular weight excluding hydrogens is 104 g/mol. The van der Waals surface area contributed by atoms with Gasteiger partial charge < -0.3 is 0 Å². The molecule has 0 spiro atoms. The summed E-state index contributed by atoms with van der Waals surface area (Å²) >= 11 is 0. The SMILES string of the molecule is CC1(C)OOC1(C)C. The Morgan fingerprint density at radius 3 is 1.00 bits per heavy atom. The van der Waals surface area contributed by atoms with Crippen molar-refractivity contribution in [3.8, 4) is 0 Å². The number of hydrogen-bond acceptors (Lipinski definition) is 2. The molecule has 2 heteroatoms. The van der Waals surface area contributed by atoms with Crippen molar-refractivity contribution in [3.05, 3.63) is 0 Å². The first-order valence-electron chi connectivity index (χ1n) is 2.82. The summed E-state index contributed by atoms with van der Waals surface area (Å²) in [5, 5.41) is 0. The molecule has 0 saturated carbocycles. The monoisotopic (exact) mass is 116 g/mol. The van der Waals surface area contributed by atoms with Crippen molar-refractivity contribution in [3.63, 3.8) is 0 Å². The molecule has 0 aromatic carbocycles. The van der Waals surface area contributed by atoms with Gasteiger partial charge in [0.2, 0.25) is 0 Å². The highest BCUT2D eigenvalue weighted by Gasteiger charge is 2.50. The third-order valence-corrected chi connectivity index (χ3v) is 1.91. The fourth-order valence-electron chi connectivity index (χ4n) is 0.375. The zero-order valence-electron chi connectivity index (χ0n) is 5.82. The summed E-state index contributed by atoms with van der Waals surface area (Å²) in [5.74, 6) is 0. The lowest BCUT2D eigenvalue weighted by molar-refractivity contribution is -0.535. The summed E-state index contributed by atoms with van der Waals surface area (Å²) in [4.78, 5) is 9.67. The fourth-order valence-corrected chi connectivity index (χ4v) is 0.375. The van der Waals surface area contributed by atoms with Crippen LogP contribution in [0.1, 0.15) is 27.7 Å². The zero-order valence-corrected chi connectivity index (χ0v) is 5.82. The highest BCUT2D eigenvalue weighted by molar-refractivity contribution is 4.92. The van der Waals surface area contributed by atoms with E-state index < -0.39 is 0 Å². The fraction of sp³-hybridized carbons (Fsp3) is 1.00. The second-order valence-corrected chi connectivity index (χ2v) is 3.19. The maximum absolute atomic E-state index is 4.83. The van der Waals surface area contributed by atoms with Gasteiger partial charge in [-0.2, -0.15) is 0 Å². The van der Waals surface area contributed by atoms with Crippen LogP contribution in [0.4, 0.5) is 0 Å². The Hall–Kier alpha value is -0.0800. The van der Waals surface area contributed by atoms with Crippen LogP contribution in [-0.4, -0.2) is 11.2 Å². The topological polar surface area (TPSA) is 18.5 Å². The van der Waals surface area contributed by atoms with E-state index in [1.165, 1.54) is 0 Å². The molecule has 1 aliphatic heterocycles. The molecule has 0 unspecified atom stereocenters. The van der Waals surface area contributed by atoms with E-state index in [0.717, 1.165) is 0 Å². The van der Waals surface area contributed by atoms with E-state index in [2.05, 4.69) is 0 Å². The van der Waals surface area contributed by atoms with Crippen molar-refractivity contribution >= 4 is 0 Å². The van der Waals surface area contributed by atoms with Crippen LogP contribution in [0.3, 0.4) is 0 Å². The van der Waals surface area contributed by atoms with Crippen LogP contribution in [0.25, 0.3) is 0 Å². The van der Waals surface area contributed by atoms with Crippen LogP contribution in [0, 0.1) is 0 Å². The van der Waals surface area contributed by atoms with Gasteiger partial charge in [0.25, 0.3) is 0 Å². The molecule has 1 heterocycles. The Kier molecular flexibility index (Phi) is 0.946. The summed E-state index contributed by atoms with van der Waals surface area (Å²) in [7, 11) is 0. The normalized spacial score (nSPS) is 31.5. The Bertz CT molecular complexity index is 91.1. The van der Waals surface area contributed by atoms with E-state index >= 15 is 0 Å². The quantitative estimate of drug-likeness (QED) is 0.446. The van der Waals surface area contributed by atoms with Crippen LogP contribution in [0.2, 0.25) is 0 Å². The first-order chi connectivity index (χ1) is 3.46. The summed E-state index contributed by atoms with van der Waals surface area (Å²) in [6.45, 7) is 8.04. The van der Waals surface area contributed by atoms with Crippen LogP contribution >= 0.6 is 0 Å². The first kappa shape index (κ1) is 6.05. The highest BCUT2D eigenvalue weighted by Crippen LogP contribution is 2.38. The molecule has 1 fully saturated rings.